The maximum Gasteiger partial charge on any atom is 0.289 e. The molecule has 2 rings (SSSR count). The van der Waals surface area contributed by atoms with E-state index in [0.29, 0.717) is 5.02 Å². The van der Waals surface area contributed by atoms with Crippen molar-refractivity contribution in [1.82, 2.24) is 20.8 Å². The largest absolute Gasteiger partial charge is 0.289 e. The number of halogens is 2. The highest BCUT2D eigenvalue weighted by Crippen LogP contribution is 2.20. The number of hydrogen-bond acceptors (Lipinski definition) is 4. The van der Waals surface area contributed by atoms with Gasteiger partial charge in [-0.1, -0.05) is 23.2 Å². The Balaban J connectivity index is 2.02. The van der Waals surface area contributed by atoms with Gasteiger partial charge in [0, 0.05) is 17.4 Å². The number of carbonyl (C=O) groups excluding carboxylic acids is 2. The van der Waals surface area contributed by atoms with E-state index in [9.17, 15) is 9.59 Å². The van der Waals surface area contributed by atoms with E-state index in [1.165, 1.54) is 30.7 Å². The van der Waals surface area contributed by atoms with Crippen LogP contribution in [-0.2, 0) is 0 Å². The maximum atomic E-state index is 11.8. The molecule has 1 aromatic heterocycles. The molecule has 0 saturated carbocycles. The molecule has 0 aliphatic rings. The van der Waals surface area contributed by atoms with Gasteiger partial charge < -0.3 is 0 Å². The van der Waals surface area contributed by atoms with Crippen LogP contribution in [0.2, 0.25) is 10.0 Å². The quantitative estimate of drug-likeness (QED) is 0.829. The molecule has 2 aromatic rings. The summed E-state index contributed by atoms with van der Waals surface area (Å²) in [6.07, 6.45) is 4.07. The first-order valence-electron chi connectivity index (χ1n) is 5.39. The predicted molar refractivity (Wildman–Crippen MR) is 73.4 cm³/mol. The van der Waals surface area contributed by atoms with Gasteiger partial charge in [0.15, 0.2) is 0 Å². The van der Waals surface area contributed by atoms with Crippen LogP contribution < -0.4 is 10.9 Å². The van der Waals surface area contributed by atoms with Crippen LogP contribution in [0, 0.1) is 0 Å². The third-order valence-electron chi connectivity index (χ3n) is 2.26. The summed E-state index contributed by atoms with van der Waals surface area (Å²) in [5.41, 5.74) is 4.64. The maximum absolute atomic E-state index is 11.8. The van der Waals surface area contributed by atoms with E-state index in [2.05, 4.69) is 20.8 Å². The predicted octanol–water partition coefficient (Wildman–Crippen LogP) is 1.86. The Bertz CT molecular complexity index is 649. The molecule has 0 unspecified atom stereocenters. The second-order valence-electron chi connectivity index (χ2n) is 3.62. The van der Waals surface area contributed by atoms with Crippen LogP contribution in [0.4, 0.5) is 0 Å². The summed E-state index contributed by atoms with van der Waals surface area (Å²) in [6.45, 7) is 0. The van der Waals surface area contributed by atoms with Crippen molar-refractivity contribution in [1.29, 1.82) is 0 Å². The van der Waals surface area contributed by atoms with Gasteiger partial charge in [-0.15, -0.1) is 0 Å². The second kappa shape index (κ2) is 6.31. The number of hydrogen-bond donors (Lipinski definition) is 2. The van der Waals surface area contributed by atoms with Gasteiger partial charge >= 0.3 is 0 Å². The minimum absolute atomic E-state index is 0.0741. The molecule has 102 valence electrons. The van der Waals surface area contributed by atoms with Crippen LogP contribution in [0.3, 0.4) is 0 Å². The van der Waals surface area contributed by atoms with Crippen molar-refractivity contribution in [2.45, 2.75) is 0 Å². The van der Waals surface area contributed by atoms with E-state index in [1.54, 1.807) is 6.07 Å². The fraction of sp³-hybridized carbons (Fsp3) is 0. The van der Waals surface area contributed by atoms with E-state index in [-0.39, 0.29) is 16.3 Å². The molecule has 20 heavy (non-hydrogen) atoms. The van der Waals surface area contributed by atoms with Gasteiger partial charge in [-0.05, 0) is 18.2 Å². The molecule has 0 aliphatic carbocycles. The molecule has 0 radical (unpaired) electrons. The van der Waals surface area contributed by atoms with E-state index in [1.807, 2.05) is 0 Å². The molecule has 2 amide bonds. The van der Waals surface area contributed by atoms with E-state index in [4.69, 9.17) is 23.2 Å². The zero-order chi connectivity index (χ0) is 14.5. The summed E-state index contributed by atoms with van der Waals surface area (Å²) in [7, 11) is 0. The average molecular weight is 311 g/mol. The third-order valence-corrected chi connectivity index (χ3v) is 2.82. The lowest BCUT2D eigenvalue weighted by atomic mass is 10.2. The molecule has 0 fully saturated rings. The van der Waals surface area contributed by atoms with Crippen LogP contribution in [0.5, 0.6) is 0 Å². The van der Waals surface area contributed by atoms with Crippen molar-refractivity contribution in [2.24, 2.45) is 0 Å². The number of nitrogens with one attached hydrogen (secondary N) is 2. The molecule has 6 nitrogen and oxygen atoms in total. The van der Waals surface area contributed by atoms with E-state index in [0.717, 1.165) is 0 Å². The fourth-order valence-electron chi connectivity index (χ4n) is 1.33. The Kier molecular flexibility index (Phi) is 4.49. The summed E-state index contributed by atoms with van der Waals surface area (Å²) in [6, 6.07) is 4.44. The van der Waals surface area contributed by atoms with E-state index >= 15 is 0 Å². The standard InChI is InChI=1S/C12H8Cl2N4O2/c13-7-1-2-9(14)8(5-7)11(19)17-18-12(20)10-6-15-3-4-16-10/h1-6H,(H,17,19)(H,18,20). The molecule has 0 saturated heterocycles. The summed E-state index contributed by atoms with van der Waals surface area (Å²) in [5, 5.41) is 0.584. The van der Waals surface area contributed by atoms with Crippen molar-refractivity contribution in [3.63, 3.8) is 0 Å². The van der Waals surface area contributed by atoms with Crippen molar-refractivity contribution >= 4 is 35.0 Å². The highest BCUT2D eigenvalue weighted by atomic mass is 35.5. The molecular weight excluding hydrogens is 303 g/mol. The highest BCUT2D eigenvalue weighted by molar-refractivity contribution is 6.35. The van der Waals surface area contributed by atoms with Crippen molar-refractivity contribution in [3.05, 3.63) is 58.1 Å². The summed E-state index contributed by atoms with van der Waals surface area (Å²) in [4.78, 5) is 31.0. The monoisotopic (exact) mass is 310 g/mol. The molecule has 0 spiro atoms. The van der Waals surface area contributed by atoms with Crippen LogP contribution in [0.1, 0.15) is 20.8 Å². The molecule has 0 bridgehead atoms. The topological polar surface area (TPSA) is 84.0 Å². The Morgan fingerprint density at radius 2 is 1.80 bits per heavy atom. The molecule has 8 heteroatoms. The normalized spacial score (nSPS) is 9.90. The zero-order valence-corrected chi connectivity index (χ0v) is 11.4. The Labute approximate surface area is 124 Å². The molecule has 0 atom stereocenters. The Hall–Kier alpha value is -2.18. The Morgan fingerprint density at radius 1 is 1.05 bits per heavy atom. The minimum atomic E-state index is -0.593. The van der Waals surface area contributed by atoms with Gasteiger partial charge in [0.05, 0.1) is 16.8 Å². The number of carbonyl (C=O) groups is 2. The van der Waals surface area contributed by atoms with E-state index < -0.39 is 11.8 Å². The zero-order valence-electron chi connectivity index (χ0n) is 9.93. The van der Waals surface area contributed by atoms with Crippen LogP contribution >= 0.6 is 23.2 Å². The van der Waals surface area contributed by atoms with Gasteiger partial charge in [-0.25, -0.2) is 4.98 Å². The number of aromatic nitrogens is 2. The van der Waals surface area contributed by atoms with Gasteiger partial charge in [0.2, 0.25) is 0 Å². The van der Waals surface area contributed by atoms with Crippen LogP contribution in [0.25, 0.3) is 0 Å². The van der Waals surface area contributed by atoms with Crippen LogP contribution in [0.15, 0.2) is 36.8 Å². The first-order chi connectivity index (χ1) is 9.58. The van der Waals surface area contributed by atoms with Crippen molar-refractivity contribution < 1.29 is 9.59 Å². The lowest BCUT2D eigenvalue weighted by Crippen LogP contribution is -2.42. The third kappa shape index (κ3) is 3.43. The highest BCUT2D eigenvalue weighted by Gasteiger charge is 2.13. The molecule has 1 aromatic carbocycles. The van der Waals surface area contributed by atoms with Crippen molar-refractivity contribution in [2.75, 3.05) is 0 Å². The molecular formula is C12H8Cl2N4O2. The molecule has 1 heterocycles. The smallest absolute Gasteiger partial charge is 0.267 e. The van der Waals surface area contributed by atoms with Crippen LogP contribution in [-0.4, -0.2) is 21.8 Å². The lowest BCUT2D eigenvalue weighted by molar-refractivity contribution is 0.0844. The average Bonchev–Trinajstić information content (AvgIpc) is 2.47. The molecule has 2 N–H and O–H groups in total. The van der Waals surface area contributed by atoms with Crippen molar-refractivity contribution in [3.8, 4) is 0 Å². The fourth-order valence-corrected chi connectivity index (χ4v) is 1.71. The Morgan fingerprint density at radius 3 is 2.50 bits per heavy atom. The van der Waals surface area contributed by atoms with Gasteiger partial charge in [0.1, 0.15) is 5.69 Å². The molecule has 0 aliphatic heterocycles. The summed E-state index contributed by atoms with van der Waals surface area (Å²) in [5.74, 6) is -1.18. The summed E-state index contributed by atoms with van der Waals surface area (Å²) < 4.78 is 0. The first-order valence-corrected chi connectivity index (χ1v) is 6.15. The first kappa shape index (κ1) is 14.2. The summed E-state index contributed by atoms with van der Waals surface area (Å²) >= 11 is 11.6. The number of amides is 2. The minimum Gasteiger partial charge on any atom is -0.267 e. The SMILES string of the molecule is O=C(NNC(=O)c1cc(Cl)ccc1Cl)c1cnccn1. The van der Waals surface area contributed by atoms with Gasteiger partial charge in [-0.3, -0.25) is 25.4 Å². The second-order valence-corrected chi connectivity index (χ2v) is 4.47. The number of rotatable bonds is 2. The number of hydrazine groups is 1. The number of nitrogens with zero attached hydrogens (tertiary/aromatic N) is 2. The lowest BCUT2D eigenvalue weighted by Gasteiger charge is -2.08. The van der Waals surface area contributed by atoms with Gasteiger partial charge in [0.25, 0.3) is 11.8 Å². The van der Waals surface area contributed by atoms with Gasteiger partial charge in [-0.2, -0.15) is 0 Å². The number of benzene rings is 1.